The summed E-state index contributed by atoms with van der Waals surface area (Å²) in [5.41, 5.74) is 2.53. The van der Waals surface area contributed by atoms with Crippen molar-refractivity contribution in [1.82, 2.24) is 10.8 Å². The molecule has 0 aromatic carbocycles. The number of carbonyl (C=O) groups is 1. The predicted octanol–water partition coefficient (Wildman–Crippen LogP) is 3.39. The number of alkyl carbamates (subject to hydrolysis) is 1. The normalized spacial score (nSPS) is 23.7. The molecule has 1 aliphatic carbocycles. The number of rotatable bonds is 4. The lowest BCUT2D eigenvalue weighted by Crippen LogP contribution is -2.47. The second-order valence-electron chi connectivity index (χ2n) is 7.87. The summed E-state index contributed by atoms with van der Waals surface area (Å²) in [6, 6.07) is 0.285. The van der Waals surface area contributed by atoms with Crippen LogP contribution in [0.4, 0.5) is 4.79 Å². The van der Waals surface area contributed by atoms with Crippen molar-refractivity contribution in [3.63, 3.8) is 0 Å². The molecule has 1 rings (SSSR count). The number of amides is 1. The van der Waals surface area contributed by atoms with Gasteiger partial charge in [0, 0.05) is 12.6 Å². The first-order chi connectivity index (χ1) is 9.57. The van der Waals surface area contributed by atoms with Crippen LogP contribution >= 0.6 is 0 Å². The fourth-order valence-corrected chi connectivity index (χ4v) is 2.39. The van der Waals surface area contributed by atoms with Crippen molar-refractivity contribution in [2.75, 3.05) is 6.54 Å². The van der Waals surface area contributed by atoms with Gasteiger partial charge >= 0.3 is 6.09 Å². The van der Waals surface area contributed by atoms with Crippen molar-refractivity contribution in [2.45, 2.75) is 84.5 Å². The first kappa shape index (κ1) is 18.2. The zero-order valence-corrected chi connectivity index (χ0v) is 14.4. The monoisotopic (exact) mass is 300 g/mol. The summed E-state index contributed by atoms with van der Waals surface area (Å²) in [4.78, 5) is 17.4. The highest BCUT2D eigenvalue weighted by Crippen LogP contribution is 2.24. The Hall–Kier alpha value is -0.810. The highest BCUT2D eigenvalue weighted by molar-refractivity contribution is 5.67. The second kappa shape index (κ2) is 7.45. The van der Waals surface area contributed by atoms with E-state index in [1.54, 1.807) is 0 Å². The number of nitrogens with one attached hydrogen (secondary N) is 2. The molecule has 5 heteroatoms. The Kier molecular flexibility index (Phi) is 6.47. The van der Waals surface area contributed by atoms with Crippen LogP contribution in [0.25, 0.3) is 0 Å². The van der Waals surface area contributed by atoms with E-state index in [1.165, 1.54) is 12.8 Å². The molecule has 2 atom stereocenters. The lowest BCUT2D eigenvalue weighted by molar-refractivity contribution is -0.101. The molecule has 1 fully saturated rings. The van der Waals surface area contributed by atoms with Crippen molar-refractivity contribution in [2.24, 2.45) is 5.92 Å². The van der Waals surface area contributed by atoms with Gasteiger partial charge in [0.25, 0.3) is 0 Å². The number of hydrogen-bond acceptors (Lipinski definition) is 4. The fourth-order valence-electron chi connectivity index (χ4n) is 2.39. The van der Waals surface area contributed by atoms with Crippen molar-refractivity contribution in [3.8, 4) is 0 Å². The maximum Gasteiger partial charge on any atom is 0.407 e. The molecule has 0 saturated heterocycles. The summed E-state index contributed by atoms with van der Waals surface area (Å²) in [5.74, 6) is 0.383. The van der Waals surface area contributed by atoms with Gasteiger partial charge in [-0.3, -0.25) is 4.84 Å². The molecular weight excluding hydrogens is 268 g/mol. The van der Waals surface area contributed by atoms with Gasteiger partial charge in [0.05, 0.1) is 5.60 Å². The van der Waals surface area contributed by atoms with Crippen LogP contribution < -0.4 is 10.8 Å². The standard InChI is InChI=1S/C16H32N2O3/c1-15(2,3)20-14(19)17-11-12-9-7-8-10-13(12)18-21-16(4,5)6/h12-13,18H,7-11H2,1-6H3,(H,17,19). The fraction of sp³-hybridized carbons (Fsp3) is 0.938. The molecule has 0 aromatic rings. The molecule has 124 valence electrons. The summed E-state index contributed by atoms with van der Waals surface area (Å²) < 4.78 is 5.28. The predicted molar refractivity (Wildman–Crippen MR) is 84.0 cm³/mol. The zero-order valence-electron chi connectivity index (χ0n) is 14.4. The van der Waals surface area contributed by atoms with Crippen molar-refractivity contribution in [3.05, 3.63) is 0 Å². The molecule has 0 spiro atoms. The van der Waals surface area contributed by atoms with Crippen molar-refractivity contribution >= 4 is 6.09 Å². The van der Waals surface area contributed by atoms with Crippen LogP contribution in [0.1, 0.15) is 67.2 Å². The quantitative estimate of drug-likeness (QED) is 0.781. The maximum atomic E-state index is 11.7. The van der Waals surface area contributed by atoms with Gasteiger partial charge in [-0.15, -0.1) is 0 Å². The Morgan fingerprint density at radius 3 is 2.24 bits per heavy atom. The van der Waals surface area contributed by atoms with Gasteiger partial charge in [0.2, 0.25) is 0 Å². The largest absolute Gasteiger partial charge is 0.444 e. The van der Waals surface area contributed by atoms with Gasteiger partial charge in [0.1, 0.15) is 5.60 Å². The van der Waals surface area contributed by atoms with Crippen LogP contribution in [0.5, 0.6) is 0 Å². The molecular formula is C16H32N2O3. The Labute approximate surface area is 129 Å². The highest BCUT2D eigenvalue weighted by Gasteiger charge is 2.27. The van der Waals surface area contributed by atoms with E-state index >= 15 is 0 Å². The molecule has 0 radical (unpaired) electrons. The SMILES string of the molecule is CC(C)(C)ONC1CCCCC1CNC(=O)OC(C)(C)C. The molecule has 21 heavy (non-hydrogen) atoms. The van der Waals surface area contributed by atoms with Gasteiger partial charge in [-0.2, -0.15) is 5.48 Å². The number of hydroxylamine groups is 1. The van der Waals surface area contributed by atoms with E-state index in [4.69, 9.17) is 9.57 Å². The summed E-state index contributed by atoms with van der Waals surface area (Å²) in [5, 5.41) is 2.88. The van der Waals surface area contributed by atoms with Gasteiger partial charge < -0.3 is 10.1 Å². The van der Waals surface area contributed by atoms with E-state index in [-0.39, 0.29) is 17.7 Å². The molecule has 0 aromatic heterocycles. The third-order valence-electron chi connectivity index (χ3n) is 3.33. The van der Waals surface area contributed by atoms with Crippen LogP contribution in [0.15, 0.2) is 0 Å². The van der Waals surface area contributed by atoms with Crippen LogP contribution in [-0.4, -0.2) is 29.9 Å². The molecule has 2 N–H and O–H groups in total. The molecule has 0 heterocycles. The summed E-state index contributed by atoms with van der Waals surface area (Å²) in [7, 11) is 0. The third-order valence-corrected chi connectivity index (χ3v) is 3.33. The first-order valence-corrected chi connectivity index (χ1v) is 7.97. The average molecular weight is 300 g/mol. The smallest absolute Gasteiger partial charge is 0.407 e. The number of carbonyl (C=O) groups excluding carboxylic acids is 1. The van der Waals surface area contributed by atoms with E-state index in [2.05, 4.69) is 10.8 Å². The lowest BCUT2D eigenvalue weighted by Gasteiger charge is -2.34. The molecule has 0 aliphatic heterocycles. The minimum atomic E-state index is -0.455. The highest BCUT2D eigenvalue weighted by atomic mass is 16.7. The third kappa shape index (κ3) is 8.27. The molecule has 2 unspecified atom stereocenters. The molecule has 1 saturated carbocycles. The first-order valence-electron chi connectivity index (χ1n) is 7.97. The molecule has 1 amide bonds. The van der Waals surface area contributed by atoms with Crippen LogP contribution in [-0.2, 0) is 9.57 Å². The van der Waals surface area contributed by atoms with E-state index in [1.807, 2.05) is 41.5 Å². The number of hydrogen-bond donors (Lipinski definition) is 2. The van der Waals surface area contributed by atoms with E-state index in [0.717, 1.165) is 12.8 Å². The van der Waals surface area contributed by atoms with Gasteiger partial charge in [-0.25, -0.2) is 4.79 Å². The topological polar surface area (TPSA) is 59.6 Å². The van der Waals surface area contributed by atoms with E-state index in [0.29, 0.717) is 12.5 Å². The average Bonchev–Trinajstić information content (AvgIpc) is 2.32. The van der Waals surface area contributed by atoms with Crippen LogP contribution in [0.3, 0.4) is 0 Å². The van der Waals surface area contributed by atoms with E-state index in [9.17, 15) is 4.79 Å². The molecule has 5 nitrogen and oxygen atoms in total. The Bertz CT molecular complexity index is 331. The summed E-state index contributed by atoms with van der Waals surface area (Å²) in [6.07, 6.45) is 4.24. The summed E-state index contributed by atoms with van der Waals surface area (Å²) >= 11 is 0. The summed E-state index contributed by atoms with van der Waals surface area (Å²) in [6.45, 7) is 12.3. The lowest BCUT2D eigenvalue weighted by atomic mass is 9.85. The minimum absolute atomic E-state index is 0.208. The maximum absolute atomic E-state index is 11.7. The molecule has 0 bridgehead atoms. The molecule has 1 aliphatic rings. The van der Waals surface area contributed by atoms with Gasteiger partial charge in [0.15, 0.2) is 0 Å². The minimum Gasteiger partial charge on any atom is -0.444 e. The van der Waals surface area contributed by atoms with Crippen LogP contribution in [0.2, 0.25) is 0 Å². The van der Waals surface area contributed by atoms with E-state index < -0.39 is 5.60 Å². The Morgan fingerprint density at radius 1 is 1.05 bits per heavy atom. The van der Waals surface area contributed by atoms with Gasteiger partial charge in [-0.05, 0) is 60.3 Å². The number of ether oxygens (including phenoxy) is 1. The Morgan fingerprint density at radius 2 is 1.67 bits per heavy atom. The van der Waals surface area contributed by atoms with Crippen LogP contribution in [0, 0.1) is 5.92 Å². The van der Waals surface area contributed by atoms with Gasteiger partial charge in [-0.1, -0.05) is 12.8 Å². The zero-order chi connectivity index (χ0) is 16.1. The Balaban J connectivity index is 2.41. The van der Waals surface area contributed by atoms with Crippen molar-refractivity contribution in [1.29, 1.82) is 0 Å². The van der Waals surface area contributed by atoms with Crippen molar-refractivity contribution < 1.29 is 14.4 Å². The second-order valence-corrected chi connectivity index (χ2v) is 7.87.